The SMILES string of the molecule is C.Cc1cccc(Cl)c1.Cc1nccc(Nc2nccs2)n1.OCCN1CCCCC1. The smallest absolute Gasteiger partial charge is 0.188 e. The van der Waals surface area contributed by atoms with Crippen molar-refractivity contribution in [2.75, 3.05) is 31.6 Å². The lowest BCUT2D eigenvalue weighted by Gasteiger charge is -2.25. The van der Waals surface area contributed by atoms with Crippen molar-refractivity contribution in [1.82, 2.24) is 19.9 Å². The van der Waals surface area contributed by atoms with E-state index >= 15 is 0 Å². The number of benzene rings is 1. The molecule has 0 unspecified atom stereocenters. The number of halogens is 1. The Kier molecular flexibility index (Phi) is 13.7. The van der Waals surface area contributed by atoms with E-state index in [4.69, 9.17) is 16.7 Å². The molecule has 1 aliphatic rings. The molecule has 0 spiro atoms. The number of piperidine rings is 1. The third-order valence-corrected chi connectivity index (χ3v) is 5.21. The quantitative estimate of drug-likeness (QED) is 0.514. The first kappa shape index (κ1) is 27.0. The van der Waals surface area contributed by atoms with Gasteiger partial charge in [-0.25, -0.2) is 15.0 Å². The van der Waals surface area contributed by atoms with E-state index in [1.807, 2.05) is 49.6 Å². The average molecular weight is 464 g/mol. The number of hydrogen-bond acceptors (Lipinski definition) is 7. The fourth-order valence-electron chi connectivity index (χ4n) is 2.85. The number of aliphatic hydroxyl groups excluding tert-OH is 1. The average Bonchev–Trinajstić information content (AvgIpc) is 3.23. The van der Waals surface area contributed by atoms with Gasteiger partial charge >= 0.3 is 0 Å². The maximum atomic E-state index is 8.58. The summed E-state index contributed by atoms with van der Waals surface area (Å²) >= 11 is 7.19. The van der Waals surface area contributed by atoms with Crippen LogP contribution in [0.2, 0.25) is 5.02 Å². The van der Waals surface area contributed by atoms with Crippen molar-refractivity contribution >= 4 is 33.9 Å². The molecule has 0 radical (unpaired) electrons. The Balaban J connectivity index is 0.000000238. The molecule has 3 heterocycles. The molecule has 0 bridgehead atoms. The number of aromatic nitrogens is 3. The molecule has 2 aromatic heterocycles. The standard InChI is InChI=1S/C8H8N4S.C7H7Cl.C7H15NO.CH4/c1-6-9-3-2-7(11-6)12-8-10-4-5-13-8;1-6-3-2-4-7(8)5-6;9-7-6-8-4-2-1-3-5-8;/h2-5H,1H3,(H,9,10,11,12);2-5H,1H3;9H,1-7H2;1H4. The lowest BCUT2D eigenvalue weighted by molar-refractivity contribution is 0.173. The molecule has 3 aromatic rings. The maximum absolute atomic E-state index is 8.58. The van der Waals surface area contributed by atoms with Crippen LogP contribution in [0.1, 0.15) is 38.1 Å². The minimum atomic E-state index is 0. The van der Waals surface area contributed by atoms with Gasteiger partial charge in [-0.3, -0.25) is 0 Å². The molecule has 0 aliphatic carbocycles. The Morgan fingerprint density at radius 3 is 2.42 bits per heavy atom. The van der Waals surface area contributed by atoms with E-state index < -0.39 is 0 Å². The molecular formula is C23H34ClN5OS. The number of anilines is 2. The number of rotatable bonds is 4. The molecule has 6 nitrogen and oxygen atoms in total. The zero-order chi connectivity index (χ0) is 21.6. The van der Waals surface area contributed by atoms with Crippen LogP contribution in [0.15, 0.2) is 48.1 Å². The molecule has 1 fully saturated rings. The largest absolute Gasteiger partial charge is 0.395 e. The van der Waals surface area contributed by atoms with Crippen LogP contribution in [0.3, 0.4) is 0 Å². The van der Waals surface area contributed by atoms with Crippen molar-refractivity contribution in [1.29, 1.82) is 0 Å². The summed E-state index contributed by atoms with van der Waals surface area (Å²) in [5.74, 6) is 1.53. The van der Waals surface area contributed by atoms with Crippen LogP contribution >= 0.6 is 22.9 Å². The summed E-state index contributed by atoms with van der Waals surface area (Å²) < 4.78 is 0. The predicted molar refractivity (Wildman–Crippen MR) is 132 cm³/mol. The number of nitrogens with one attached hydrogen (secondary N) is 1. The van der Waals surface area contributed by atoms with Crippen LogP contribution in [0.25, 0.3) is 0 Å². The van der Waals surface area contributed by atoms with Gasteiger partial charge in [0.05, 0.1) is 6.61 Å². The fourth-order valence-corrected chi connectivity index (χ4v) is 3.63. The Morgan fingerprint density at radius 2 is 1.87 bits per heavy atom. The highest BCUT2D eigenvalue weighted by Gasteiger charge is 2.07. The number of thiazole rings is 1. The molecule has 170 valence electrons. The minimum absolute atomic E-state index is 0. The fraction of sp³-hybridized carbons (Fsp3) is 0.435. The molecule has 31 heavy (non-hydrogen) atoms. The highest BCUT2D eigenvalue weighted by atomic mass is 35.5. The van der Waals surface area contributed by atoms with Gasteiger partial charge in [0.15, 0.2) is 5.13 Å². The van der Waals surface area contributed by atoms with Gasteiger partial charge in [0.2, 0.25) is 0 Å². The second-order valence-electron chi connectivity index (χ2n) is 6.88. The lowest BCUT2D eigenvalue weighted by Crippen LogP contribution is -2.31. The summed E-state index contributed by atoms with van der Waals surface area (Å²) in [6.45, 7) is 7.46. The molecule has 2 N–H and O–H groups in total. The summed E-state index contributed by atoms with van der Waals surface area (Å²) in [6, 6.07) is 9.58. The van der Waals surface area contributed by atoms with Gasteiger partial charge in [-0.15, -0.1) is 11.3 Å². The van der Waals surface area contributed by atoms with E-state index in [0.29, 0.717) is 6.61 Å². The van der Waals surface area contributed by atoms with Crippen molar-refractivity contribution in [3.8, 4) is 0 Å². The molecule has 0 saturated carbocycles. The highest BCUT2D eigenvalue weighted by molar-refractivity contribution is 7.13. The normalized spacial score (nSPS) is 13.0. The molecule has 1 saturated heterocycles. The van der Waals surface area contributed by atoms with Gasteiger partial charge in [0.25, 0.3) is 0 Å². The van der Waals surface area contributed by atoms with E-state index in [0.717, 1.165) is 28.3 Å². The van der Waals surface area contributed by atoms with Crippen molar-refractivity contribution in [2.24, 2.45) is 0 Å². The summed E-state index contributed by atoms with van der Waals surface area (Å²) in [6.07, 6.45) is 7.49. The molecular weight excluding hydrogens is 430 g/mol. The van der Waals surface area contributed by atoms with Gasteiger partial charge in [-0.1, -0.05) is 37.6 Å². The van der Waals surface area contributed by atoms with Gasteiger partial charge in [0, 0.05) is 29.3 Å². The molecule has 0 amide bonds. The third-order valence-electron chi connectivity index (χ3n) is 4.29. The van der Waals surface area contributed by atoms with E-state index in [1.54, 1.807) is 23.7 Å². The van der Waals surface area contributed by atoms with Crippen molar-refractivity contribution in [2.45, 2.75) is 40.5 Å². The van der Waals surface area contributed by atoms with Crippen LogP contribution in [0.4, 0.5) is 10.9 Å². The summed E-state index contributed by atoms with van der Waals surface area (Å²) in [4.78, 5) is 14.6. The van der Waals surface area contributed by atoms with Gasteiger partial charge < -0.3 is 15.3 Å². The topological polar surface area (TPSA) is 74.2 Å². The van der Waals surface area contributed by atoms with Gasteiger partial charge in [-0.05, 0) is 63.5 Å². The first-order valence-electron chi connectivity index (χ1n) is 10.1. The van der Waals surface area contributed by atoms with E-state index in [2.05, 4.69) is 25.2 Å². The second kappa shape index (κ2) is 15.7. The third kappa shape index (κ3) is 11.8. The number of β-amino-alcohol motifs (C(OH)–C–C–N with tert-alkyl or cyclic N) is 1. The van der Waals surface area contributed by atoms with Gasteiger partial charge in [0.1, 0.15) is 11.6 Å². The second-order valence-corrected chi connectivity index (χ2v) is 8.21. The monoisotopic (exact) mass is 463 g/mol. The Bertz CT molecular complexity index is 821. The number of aryl methyl sites for hydroxylation is 2. The zero-order valence-corrected chi connectivity index (χ0v) is 19.2. The number of aliphatic hydroxyl groups is 1. The Morgan fingerprint density at radius 1 is 1.10 bits per heavy atom. The van der Waals surface area contributed by atoms with Crippen molar-refractivity contribution in [3.63, 3.8) is 0 Å². The number of nitrogens with zero attached hydrogens (tertiary/aromatic N) is 4. The Labute approximate surface area is 195 Å². The van der Waals surface area contributed by atoms with Crippen LogP contribution in [-0.2, 0) is 0 Å². The zero-order valence-electron chi connectivity index (χ0n) is 17.6. The van der Waals surface area contributed by atoms with Crippen molar-refractivity contribution in [3.05, 3.63) is 64.5 Å². The van der Waals surface area contributed by atoms with Crippen LogP contribution < -0.4 is 5.32 Å². The Hall–Kier alpha value is -2.06. The molecule has 4 rings (SSSR count). The van der Waals surface area contributed by atoms with Crippen LogP contribution in [-0.4, -0.2) is 51.2 Å². The molecule has 1 aliphatic heterocycles. The van der Waals surface area contributed by atoms with Crippen molar-refractivity contribution < 1.29 is 5.11 Å². The highest BCUT2D eigenvalue weighted by Crippen LogP contribution is 2.15. The van der Waals surface area contributed by atoms with E-state index in [9.17, 15) is 0 Å². The first-order chi connectivity index (χ1) is 14.6. The van der Waals surface area contributed by atoms with E-state index in [1.165, 1.54) is 37.9 Å². The maximum Gasteiger partial charge on any atom is 0.188 e. The summed E-state index contributed by atoms with van der Waals surface area (Å²) in [5.41, 5.74) is 1.21. The summed E-state index contributed by atoms with van der Waals surface area (Å²) in [5, 5.41) is 15.2. The van der Waals surface area contributed by atoms with Gasteiger partial charge in [-0.2, -0.15) is 0 Å². The molecule has 0 atom stereocenters. The lowest BCUT2D eigenvalue weighted by atomic mass is 10.1. The number of hydrogen-bond donors (Lipinski definition) is 2. The predicted octanol–water partition coefficient (Wildman–Crippen LogP) is 5.73. The summed E-state index contributed by atoms with van der Waals surface area (Å²) in [7, 11) is 0. The molecule has 8 heteroatoms. The molecule has 1 aromatic carbocycles. The number of likely N-dealkylation sites (tertiary alicyclic amines) is 1. The van der Waals surface area contributed by atoms with Crippen LogP contribution in [0.5, 0.6) is 0 Å². The first-order valence-corrected chi connectivity index (χ1v) is 11.3. The van der Waals surface area contributed by atoms with E-state index in [-0.39, 0.29) is 7.43 Å². The van der Waals surface area contributed by atoms with Crippen LogP contribution in [0, 0.1) is 13.8 Å². The minimum Gasteiger partial charge on any atom is -0.395 e.